The molecule has 2 heterocycles. The van der Waals surface area contributed by atoms with Gasteiger partial charge in [-0.15, -0.1) is 0 Å². The molecular weight excluding hydrogens is 318 g/mol. The second-order valence-corrected chi connectivity index (χ2v) is 7.04. The van der Waals surface area contributed by atoms with Gasteiger partial charge >= 0.3 is 5.97 Å². The highest BCUT2D eigenvalue weighted by Crippen LogP contribution is 2.23. The summed E-state index contributed by atoms with van der Waals surface area (Å²) in [7, 11) is -2.35. The summed E-state index contributed by atoms with van der Waals surface area (Å²) < 4.78 is 31.4. The standard InChI is InChI=1S/C15H15N3O4S/c1-22-15(19)11-2-4-13(5-3-11)23(20,21)18-7-6-14-12(9-18)8-16-10-17-14/h2-5,8,10H,6-7,9H2,1H3. The molecule has 23 heavy (non-hydrogen) atoms. The van der Waals surface area contributed by atoms with Gasteiger partial charge in [-0.05, 0) is 24.3 Å². The number of hydrogen-bond acceptors (Lipinski definition) is 6. The van der Waals surface area contributed by atoms with Gasteiger partial charge in [0.2, 0.25) is 10.0 Å². The van der Waals surface area contributed by atoms with Crippen molar-refractivity contribution in [1.29, 1.82) is 0 Å². The number of aromatic nitrogens is 2. The lowest BCUT2D eigenvalue weighted by Crippen LogP contribution is -2.36. The molecule has 8 heteroatoms. The number of fused-ring (bicyclic) bond motifs is 1. The first-order valence-electron chi connectivity index (χ1n) is 6.98. The van der Waals surface area contributed by atoms with Crippen LogP contribution < -0.4 is 0 Å². The topological polar surface area (TPSA) is 89.5 Å². The zero-order valence-electron chi connectivity index (χ0n) is 12.5. The van der Waals surface area contributed by atoms with E-state index in [4.69, 9.17) is 0 Å². The van der Waals surface area contributed by atoms with Crippen LogP contribution in [0.5, 0.6) is 0 Å². The number of carbonyl (C=O) groups is 1. The molecule has 2 aromatic rings. The number of benzene rings is 1. The Morgan fingerprint density at radius 3 is 2.70 bits per heavy atom. The third-order valence-corrected chi connectivity index (χ3v) is 5.60. The summed E-state index contributed by atoms with van der Waals surface area (Å²) in [5, 5.41) is 0. The average molecular weight is 333 g/mol. The largest absolute Gasteiger partial charge is 0.465 e. The Hall–Kier alpha value is -2.32. The second-order valence-electron chi connectivity index (χ2n) is 5.10. The molecule has 0 fully saturated rings. The van der Waals surface area contributed by atoms with Crippen molar-refractivity contribution in [3.63, 3.8) is 0 Å². The van der Waals surface area contributed by atoms with Gasteiger partial charge in [0, 0.05) is 37.0 Å². The van der Waals surface area contributed by atoms with Gasteiger partial charge in [-0.2, -0.15) is 4.31 Å². The van der Waals surface area contributed by atoms with E-state index in [1.54, 1.807) is 6.20 Å². The average Bonchev–Trinajstić information content (AvgIpc) is 2.60. The third-order valence-electron chi connectivity index (χ3n) is 3.74. The molecule has 3 rings (SSSR count). The van der Waals surface area contributed by atoms with Crippen molar-refractivity contribution >= 4 is 16.0 Å². The first-order chi connectivity index (χ1) is 11.0. The normalized spacial score (nSPS) is 15.0. The zero-order valence-corrected chi connectivity index (χ0v) is 13.3. The SMILES string of the molecule is COC(=O)c1ccc(S(=O)(=O)N2CCc3ncncc3C2)cc1. The molecule has 1 aliphatic heterocycles. The van der Waals surface area contributed by atoms with E-state index in [1.807, 2.05) is 0 Å². The molecule has 0 bridgehead atoms. The third kappa shape index (κ3) is 2.95. The molecule has 0 radical (unpaired) electrons. The Morgan fingerprint density at radius 2 is 2.00 bits per heavy atom. The quantitative estimate of drug-likeness (QED) is 0.779. The molecule has 0 atom stereocenters. The van der Waals surface area contributed by atoms with Crippen molar-refractivity contribution in [3.8, 4) is 0 Å². The molecule has 0 saturated heterocycles. The molecule has 0 unspecified atom stereocenters. The Morgan fingerprint density at radius 1 is 1.26 bits per heavy atom. The van der Waals surface area contributed by atoms with Gasteiger partial charge in [-0.1, -0.05) is 0 Å². The first-order valence-corrected chi connectivity index (χ1v) is 8.42. The van der Waals surface area contributed by atoms with Crippen molar-refractivity contribution in [2.75, 3.05) is 13.7 Å². The lowest BCUT2D eigenvalue weighted by atomic mass is 10.1. The van der Waals surface area contributed by atoms with Gasteiger partial charge in [0.05, 0.1) is 17.6 Å². The molecule has 0 N–H and O–H groups in total. The highest BCUT2D eigenvalue weighted by molar-refractivity contribution is 7.89. The van der Waals surface area contributed by atoms with Gasteiger partial charge in [-0.25, -0.2) is 23.2 Å². The van der Waals surface area contributed by atoms with Gasteiger partial charge in [-0.3, -0.25) is 0 Å². The van der Waals surface area contributed by atoms with Crippen LogP contribution in [-0.2, 0) is 27.7 Å². The molecule has 0 saturated carbocycles. The van der Waals surface area contributed by atoms with Crippen LogP contribution in [0.2, 0.25) is 0 Å². The molecule has 1 aromatic carbocycles. The number of ether oxygens (including phenoxy) is 1. The fourth-order valence-corrected chi connectivity index (χ4v) is 3.89. The van der Waals surface area contributed by atoms with E-state index >= 15 is 0 Å². The Bertz CT molecular complexity index is 834. The van der Waals surface area contributed by atoms with Crippen LogP contribution in [0.15, 0.2) is 41.7 Å². The highest BCUT2D eigenvalue weighted by Gasteiger charge is 2.29. The monoisotopic (exact) mass is 333 g/mol. The van der Waals surface area contributed by atoms with E-state index in [9.17, 15) is 13.2 Å². The summed E-state index contributed by atoms with van der Waals surface area (Å²) in [4.78, 5) is 19.7. The summed E-state index contributed by atoms with van der Waals surface area (Å²) in [6.07, 6.45) is 3.66. The predicted octanol–water partition coefficient (Wildman–Crippen LogP) is 1.01. The Kier molecular flexibility index (Phi) is 4.10. The van der Waals surface area contributed by atoms with Crippen molar-refractivity contribution in [3.05, 3.63) is 53.6 Å². The van der Waals surface area contributed by atoms with Crippen LogP contribution in [-0.4, -0.2) is 42.3 Å². The van der Waals surface area contributed by atoms with E-state index < -0.39 is 16.0 Å². The van der Waals surface area contributed by atoms with Gasteiger partial charge in [0.15, 0.2) is 0 Å². The van der Waals surface area contributed by atoms with Gasteiger partial charge < -0.3 is 4.74 Å². The number of rotatable bonds is 3. The van der Waals surface area contributed by atoms with E-state index in [0.29, 0.717) is 18.5 Å². The van der Waals surface area contributed by atoms with Crippen molar-refractivity contribution in [1.82, 2.24) is 14.3 Å². The number of nitrogens with zero attached hydrogens (tertiary/aromatic N) is 3. The van der Waals surface area contributed by atoms with Crippen molar-refractivity contribution < 1.29 is 17.9 Å². The van der Waals surface area contributed by atoms with Gasteiger partial charge in [0.25, 0.3) is 0 Å². The molecular formula is C15H15N3O4S. The summed E-state index contributed by atoms with van der Waals surface area (Å²) in [5.41, 5.74) is 2.00. The van der Waals surface area contributed by atoms with E-state index in [2.05, 4.69) is 14.7 Å². The molecule has 120 valence electrons. The maximum atomic E-state index is 12.7. The Balaban J connectivity index is 1.86. The minimum Gasteiger partial charge on any atom is -0.465 e. The highest BCUT2D eigenvalue weighted by atomic mass is 32.2. The van der Waals surface area contributed by atoms with Crippen LogP contribution in [0.25, 0.3) is 0 Å². The number of methoxy groups -OCH3 is 1. The van der Waals surface area contributed by atoms with E-state index in [-0.39, 0.29) is 11.4 Å². The number of hydrogen-bond donors (Lipinski definition) is 0. The predicted molar refractivity (Wildman–Crippen MR) is 81.1 cm³/mol. The zero-order chi connectivity index (χ0) is 16.4. The molecule has 0 spiro atoms. The van der Waals surface area contributed by atoms with Crippen LogP contribution in [0, 0.1) is 0 Å². The maximum Gasteiger partial charge on any atom is 0.337 e. The molecule has 7 nitrogen and oxygen atoms in total. The smallest absolute Gasteiger partial charge is 0.337 e. The fraction of sp³-hybridized carbons (Fsp3) is 0.267. The van der Waals surface area contributed by atoms with Crippen molar-refractivity contribution in [2.24, 2.45) is 0 Å². The number of sulfonamides is 1. The fourth-order valence-electron chi connectivity index (χ4n) is 2.48. The van der Waals surface area contributed by atoms with Crippen LogP contribution in [0.3, 0.4) is 0 Å². The minimum atomic E-state index is -3.63. The molecule has 0 aliphatic carbocycles. The lowest BCUT2D eigenvalue weighted by Gasteiger charge is -2.27. The summed E-state index contributed by atoms with van der Waals surface area (Å²) in [5.74, 6) is -0.502. The number of carbonyl (C=O) groups excluding carboxylic acids is 1. The lowest BCUT2D eigenvalue weighted by molar-refractivity contribution is 0.0600. The summed E-state index contributed by atoms with van der Waals surface area (Å²) in [6, 6.07) is 5.72. The van der Waals surface area contributed by atoms with Gasteiger partial charge in [0.1, 0.15) is 6.33 Å². The van der Waals surface area contributed by atoms with E-state index in [0.717, 1.165) is 11.3 Å². The minimum absolute atomic E-state index is 0.144. The summed E-state index contributed by atoms with van der Waals surface area (Å²) >= 11 is 0. The molecule has 1 aliphatic rings. The Labute approximate surface area is 134 Å². The number of esters is 1. The second kappa shape index (κ2) is 6.05. The van der Waals surface area contributed by atoms with Crippen LogP contribution in [0.1, 0.15) is 21.6 Å². The molecule has 1 aromatic heterocycles. The first kappa shape index (κ1) is 15.6. The summed E-state index contributed by atoms with van der Waals surface area (Å²) in [6.45, 7) is 0.613. The molecule has 0 amide bonds. The van der Waals surface area contributed by atoms with Crippen molar-refractivity contribution in [2.45, 2.75) is 17.9 Å². The van der Waals surface area contributed by atoms with E-state index in [1.165, 1.54) is 42.0 Å². The maximum absolute atomic E-state index is 12.7. The van der Waals surface area contributed by atoms with Crippen LogP contribution >= 0.6 is 0 Å². The van der Waals surface area contributed by atoms with Crippen LogP contribution in [0.4, 0.5) is 0 Å².